The average Bonchev–Trinajstić information content (AvgIpc) is 0.844. The maximum absolute atomic E-state index is 15.4. The van der Waals surface area contributed by atoms with Crippen LogP contribution < -0.4 is 96.4 Å². The highest BCUT2D eigenvalue weighted by Gasteiger charge is 2.43. The molecule has 1 saturated heterocycles. The summed E-state index contributed by atoms with van der Waals surface area (Å²) in [7, 11) is 1.32. The van der Waals surface area contributed by atoms with Gasteiger partial charge in [-0.25, -0.2) is 4.79 Å². The Kier molecular flexibility index (Phi) is 46.5. The number of thioether (sulfide) groups is 1. The molecule has 41 nitrogen and oxygen atoms in total. The molecule has 42 heteroatoms. The number of nitrogens with zero attached hydrogens (tertiary/aromatic N) is 1. The molecule has 0 aromatic heterocycles. The van der Waals surface area contributed by atoms with Gasteiger partial charge in [0.15, 0.2) is 6.61 Å². The minimum Gasteiger partial charge on any atom is -0.482 e. The first kappa shape index (κ1) is 114. The van der Waals surface area contributed by atoms with E-state index < -0.39 is 258 Å². The quantitative estimate of drug-likeness (QED) is 0.0320. The van der Waals surface area contributed by atoms with Crippen LogP contribution in [0.3, 0.4) is 0 Å². The van der Waals surface area contributed by atoms with E-state index in [0.717, 1.165) is 49.1 Å². The molecule has 1 aliphatic heterocycles. The van der Waals surface area contributed by atoms with E-state index in [1.165, 1.54) is 38.2 Å². The molecule has 0 bridgehead atoms. The van der Waals surface area contributed by atoms with Crippen molar-refractivity contribution in [2.75, 3.05) is 38.2 Å². The minimum absolute atomic E-state index is 0.0207. The van der Waals surface area contributed by atoms with Gasteiger partial charge in [0.1, 0.15) is 96.4 Å². The number of nitrogens with one attached hydrogen (secondary N) is 14. The highest BCUT2D eigenvalue weighted by Crippen LogP contribution is 2.29. The van der Waals surface area contributed by atoms with E-state index in [0.29, 0.717) is 41.3 Å². The number of carbonyl (C=O) groups excluding carboxylic acids is 16. The first-order valence-electron chi connectivity index (χ1n) is 46.7. The number of aliphatic hydroxyl groups excluding tert-OH is 2. The van der Waals surface area contributed by atoms with Crippen molar-refractivity contribution in [1.29, 1.82) is 0 Å². The van der Waals surface area contributed by atoms with Gasteiger partial charge >= 0.3 is 11.9 Å². The molecule has 0 spiro atoms. The summed E-state index contributed by atoms with van der Waals surface area (Å²) in [5, 5.41) is 78.7. The van der Waals surface area contributed by atoms with Gasteiger partial charge in [-0.05, 0) is 136 Å². The van der Waals surface area contributed by atoms with E-state index in [2.05, 4.69) is 74.4 Å². The molecule has 1 heterocycles. The molecular formula is C96H140N18O23S. The number of benzene rings is 4. The van der Waals surface area contributed by atoms with Crippen LogP contribution in [0, 0.1) is 36.5 Å². The number of nitrogens with two attached hydrogens (primary N) is 3. The molecule has 1 aliphatic carbocycles. The van der Waals surface area contributed by atoms with Crippen LogP contribution in [0.25, 0.3) is 11.1 Å². The van der Waals surface area contributed by atoms with E-state index in [-0.39, 0.29) is 81.2 Å². The lowest BCUT2D eigenvalue weighted by atomic mass is 9.84. The largest absolute Gasteiger partial charge is 0.482 e. The number of primary amides is 1. The molecule has 24 N–H and O–H groups in total. The number of aliphatic hydroxyl groups is 2. The van der Waals surface area contributed by atoms with Crippen LogP contribution in [0.15, 0.2) is 103 Å². The standard InChI is InChI=1S/C96H140N18O23S/c1-14-54(9)79-96(136)114(13)55(10)83(123)102-67(40-50(2)3)85(125)101-66(37-39-98)84(124)103-69(42-58-23-17-15-18-24-58)88(128)111-78(52(6)7)93(133)113-81(57(12)116)95(135)108-73(91(131)100-65(36-38-97)82(99)122)48-138-49-74(117)109-80(56(11)115)94(134)107-68(44-60-30-34-64(35-31-60)137-47-76(120)121)86(126)105-72(46-75(118)119)87(127)104-71(45-61-25-21-22-53(8)41-61)89(129)110-77(51(4)5)92(132)106-70(90(130)112-79)43-59-28-32-63(33-29-59)62-26-19-16-20-27-62/h16,19-22,25-35,41,50-52,54-58,65-73,77-81,115-116H,14-15,17-18,23-24,36-40,42-49,97-98H2,1-13H3,(H2,99,122)(H,100,131)(H,101,125)(H,102,123)(H,103,124)(H,104,127)(H,105,126)(H,106,132)(H,107,134)(H,108,135)(H,109,117)(H,110,129)(H,111,128)(H,112,130)(H,113,133)(H,118,119)(H,120,121)/t54?,55-,56?,57?,65-,66-,67+,68-,69-,70-,71-,72-,73-,77-,78-,79-,80-,81-/m0/s1. The number of carboxylic acids is 2. The smallest absolute Gasteiger partial charge is 0.341 e. The maximum Gasteiger partial charge on any atom is 0.341 e. The summed E-state index contributed by atoms with van der Waals surface area (Å²) in [6.07, 6.45) is -2.23. The van der Waals surface area contributed by atoms with Crippen LogP contribution in [-0.2, 0) is 106 Å². The zero-order chi connectivity index (χ0) is 102. The van der Waals surface area contributed by atoms with Gasteiger partial charge in [-0.2, -0.15) is 0 Å². The summed E-state index contributed by atoms with van der Waals surface area (Å²) >= 11 is 0.625. The molecule has 2 aliphatic rings. The van der Waals surface area contributed by atoms with Crippen molar-refractivity contribution in [3.8, 4) is 16.9 Å². The number of ether oxygens (including phenoxy) is 1. The Balaban J connectivity index is 1.49. The Morgan fingerprint density at radius 1 is 0.493 bits per heavy atom. The fourth-order valence-electron chi connectivity index (χ4n) is 15.7. The van der Waals surface area contributed by atoms with E-state index in [1.807, 2.05) is 30.3 Å². The number of carbonyl (C=O) groups is 18. The van der Waals surface area contributed by atoms with Crippen LogP contribution >= 0.6 is 11.8 Å². The third-order valence-electron chi connectivity index (χ3n) is 24.0. The fraction of sp³-hybridized carbons (Fsp3) is 0.562. The summed E-state index contributed by atoms with van der Waals surface area (Å²) in [6, 6.07) is 3.97. The van der Waals surface area contributed by atoms with Crippen molar-refractivity contribution in [3.05, 3.63) is 125 Å². The number of likely N-dealkylation sites (N-methyl/N-ethyl adjacent to an activating group) is 1. The van der Waals surface area contributed by atoms with Gasteiger partial charge < -0.3 is 122 Å². The highest BCUT2D eigenvalue weighted by atomic mass is 32.2. The molecule has 4 aromatic carbocycles. The van der Waals surface area contributed by atoms with Gasteiger partial charge in [0, 0.05) is 32.1 Å². The molecule has 758 valence electrons. The summed E-state index contributed by atoms with van der Waals surface area (Å²) in [6.45, 7) is 17.4. The van der Waals surface area contributed by atoms with Crippen molar-refractivity contribution < 1.29 is 111 Å². The minimum atomic E-state index is -2.12. The molecule has 1 saturated carbocycles. The van der Waals surface area contributed by atoms with E-state index >= 15 is 28.8 Å². The van der Waals surface area contributed by atoms with Crippen molar-refractivity contribution in [2.45, 2.75) is 276 Å². The summed E-state index contributed by atoms with van der Waals surface area (Å²) in [5.74, 6) is -23.4. The van der Waals surface area contributed by atoms with Crippen molar-refractivity contribution in [2.24, 2.45) is 46.8 Å². The zero-order valence-electron chi connectivity index (χ0n) is 80.6. The second-order valence-electron chi connectivity index (χ2n) is 36.6. The lowest BCUT2D eigenvalue weighted by Crippen LogP contribution is -2.63. The molecule has 138 heavy (non-hydrogen) atoms. The number of hydrogen-bond acceptors (Lipinski definition) is 24. The Hall–Kier alpha value is -12.7. The van der Waals surface area contributed by atoms with Crippen LogP contribution in [-0.4, -0.2) is 273 Å². The molecule has 0 radical (unpaired) electrons. The highest BCUT2D eigenvalue weighted by molar-refractivity contribution is 8.00. The second kappa shape index (κ2) is 56.3. The Morgan fingerprint density at radius 3 is 1.47 bits per heavy atom. The summed E-state index contributed by atoms with van der Waals surface area (Å²) in [4.78, 5) is 261. The van der Waals surface area contributed by atoms with Gasteiger partial charge in [0.25, 0.3) is 0 Å². The third kappa shape index (κ3) is 36.7. The number of carboxylic acid groups (broad SMARTS) is 2. The Labute approximate surface area is 808 Å². The Bertz CT molecular complexity index is 4830. The monoisotopic (exact) mass is 1950 g/mol. The van der Waals surface area contributed by atoms with E-state index in [9.17, 15) is 78.0 Å². The lowest BCUT2D eigenvalue weighted by molar-refractivity contribution is -0.143. The second-order valence-corrected chi connectivity index (χ2v) is 37.6. The predicted molar refractivity (Wildman–Crippen MR) is 512 cm³/mol. The number of aliphatic carboxylic acids is 2. The first-order chi connectivity index (χ1) is 65.2. The van der Waals surface area contributed by atoms with Gasteiger partial charge in [-0.3, -0.25) is 81.5 Å². The zero-order valence-corrected chi connectivity index (χ0v) is 81.4. The molecule has 18 atom stereocenters. The molecule has 4 aromatic rings. The number of amides is 16. The third-order valence-corrected chi connectivity index (χ3v) is 25.0. The van der Waals surface area contributed by atoms with E-state index in [1.54, 1.807) is 111 Å². The van der Waals surface area contributed by atoms with Gasteiger partial charge in [0.05, 0.1) is 24.4 Å². The normalized spacial score (nSPS) is 24.6. The first-order valence-corrected chi connectivity index (χ1v) is 47.9. The SMILES string of the molecule is CCC(C)[C@@H]1NC(=O)[C@H](Cc2ccc(-c3ccccc3)cc2)NC(=O)[C@H](C(C)C)NC(=O)[C@H](Cc2cccc(C)c2)NC(=O)[C@H](CC(=O)O)NC(=O)[C@H](Cc2ccc(OCC(=O)O)cc2)NC(=O)[C@H](C(C)O)NC(=O)CSC[C@@H](C(=O)N[C@@H](CCN)C(N)=O)NC(=O)[C@H](C(C)O)NC(=O)[C@H](C(C)C)NC(=O)[C@H](CC2CCCCC2)NC(=O)[C@H](CCN)NC(=O)[C@@H](CC(C)C)NC(=O)[C@H](C)N(C)C1=O. The van der Waals surface area contributed by atoms with Crippen LogP contribution in [0.2, 0.25) is 0 Å². The number of aryl methyl sites for hydroxylation is 1. The van der Waals surface area contributed by atoms with Crippen molar-refractivity contribution >= 4 is 118 Å². The molecule has 6 rings (SSSR count). The fourth-order valence-corrected chi connectivity index (χ4v) is 16.6. The molecule has 3 unspecified atom stereocenters. The average molecular weight is 1950 g/mol. The van der Waals surface area contributed by atoms with Crippen LogP contribution in [0.5, 0.6) is 5.75 Å². The topological polar surface area (TPSA) is 647 Å². The molecule has 16 amide bonds. The predicted octanol–water partition coefficient (Wildman–Crippen LogP) is -0.672. The molecular weight excluding hydrogens is 1810 g/mol. The van der Waals surface area contributed by atoms with Gasteiger partial charge in [0.2, 0.25) is 94.5 Å². The summed E-state index contributed by atoms with van der Waals surface area (Å²) in [5.41, 5.74) is 21.0. The van der Waals surface area contributed by atoms with Crippen LogP contribution in [0.4, 0.5) is 0 Å². The number of rotatable bonds is 29. The van der Waals surface area contributed by atoms with E-state index in [4.69, 9.17) is 21.9 Å². The maximum atomic E-state index is 15.4. The Morgan fingerprint density at radius 2 is 0.949 bits per heavy atom. The summed E-state index contributed by atoms with van der Waals surface area (Å²) < 4.78 is 5.29. The van der Waals surface area contributed by atoms with Crippen LogP contribution in [0.1, 0.15) is 169 Å². The number of hydrogen-bond donors (Lipinski definition) is 21. The lowest BCUT2D eigenvalue weighted by Gasteiger charge is -2.33. The van der Waals surface area contributed by atoms with Gasteiger partial charge in [-0.1, -0.05) is 190 Å². The van der Waals surface area contributed by atoms with Crippen molar-refractivity contribution in [3.63, 3.8) is 0 Å². The van der Waals surface area contributed by atoms with Crippen molar-refractivity contribution in [1.82, 2.24) is 79.3 Å². The molecule has 2 fully saturated rings. The van der Waals surface area contributed by atoms with Gasteiger partial charge in [-0.15, -0.1) is 11.8 Å².